The molecular weight excluding hydrogens is 448 g/mol. The molecule has 8 heteroatoms. The van der Waals surface area contributed by atoms with Gasteiger partial charge in [-0.25, -0.2) is 13.4 Å². The molecule has 0 N–H and O–H groups in total. The molecule has 1 amide bonds. The van der Waals surface area contributed by atoms with E-state index in [4.69, 9.17) is 4.98 Å². The standard InChI is InChI=1S/C23H20N2O3S3/c1-29-19-12-7-13-20-21(19)24-23(30-20)25(15-16-8-4-3-5-9-16)22(26)17-10-6-11-18(14-17)31(2,27)28/h3-14H,15H2,1-2H3. The number of thioether (sulfide) groups is 1. The van der Waals surface area contributed by atoms with Crippen molar-refractivity contribution in [2.75, 3.05) is 17.4 Å². The quantitative estimate of drug-likeness (QED) is 0.361. The minimum absolute atomic E-state index is 0.118. The second-order valence-corrected chi connectivity index (χ2v) is 10.9. The first-order valence-corrected chi connectivity index (χ1v) is 13.4. The summed E-state index contributed by atoms with van der Waals surface area (Å²) in [6.45, 7) is 0.331. The maximum absolute atomic E-state index is 13.6. The number of hydrogen-bond donors (Lipinski definition) is 0. The van der Waals surface area contributed by atoms with Crippen LogP contribution in [-0.4, -0.2) is 31.8 Å². The minimum Gasteiger partial charge on any atom is -0.279 e. The first-order chi connectivity index (χ1) is 14.9. The second kappa shape index (κ2) is 8.82. The summed E-state index contributed by atoms with van der Waals surface area (Å²) in [5.41, 5.74) is 2.13. The van der Waals surface area contributed by atoms with Crippen LogP contribution in [-0.2, 0) is 16.4 Å². The summed E-state index contributed by atoms with van der Waals surface area (Å²) in [6.07, 6.45) is 3.13. The van der Waals surface area contributed by atoms with Crippen molar-refractivity contribution in [3.63, 3.8) is 0 Å². The van der Waals surface area contributed by atoms with E-state index in [9.17, 15) is 13.2 Å². The lowest BCUT2D eigenvalue weighted by molar-refractivity contribution is 0.0985. The molecule has 5 nitrogen and oxygen atoms in total. The Kier molecular flexibility index (Phi) is 6.13. The zero-order valence-corrected chi connectivity index (χ0v) is 19.4. The van der Waals surface area contributed by atoms with Crippen molar-refractivity contribution in [3.05, 3.63) is 83.9 Å². The number of carbonyl (C=O) groups excluding carboxylic acids is 1. The van der Waals surface area contributed by atoms with Crippen LogP contribution < -0.4 is 4.90 Å². The molecular formula is C23H20N2O3S3. The molecule has 0 bridgehead atoms. The van der Waals surface area contributed by atoms with Gasteiger partial charge in [-0.3, -0.25) is 9.69 Å². The molecule has 0 aliphatic heterocycles. The molecule has 158 valence electrons. The van der Waals surface area contributed by atoms with E-state index in [1.807, 2.05) is 54.8 Å². The molecule has 4 rings (SSSR count). The van der Waals surface area contributed by atoms with E-state index >= 15 is 0 Å². The van der Waals surface area contributed by atoms with E-state index in [0.29, 0.717) is 17.2 Å². The van der Waals surface area contributed by atoms with E-state index < -0.39 is 9.84 Å². The Morgan fingerprint density at radius 1 is 1.03 bits per heavy atom. The summed E-state index contributed by atoms with van der Waals surface area (Å²) in [4.78, 5) is 21.1. The Hall–Kier alpha value is -2.68. The van der Waals surface area contributed by atoms with Crippen molar-refractivity contribution < 1.29 is 13.2 Å². The van der Waals surface area contributed by atoms with Gasteiger partial charge in [0, 0.05) is 16.7 Å². The molecule has 0 fully saturated rings. The predicted molar refractivity (Wildman–Crippen MR) is 128 cm³/mol. The van der Waals surface area contributed by atoms with E-state index in [2.05, 4.69) is 0 Å². The van der Waals surface area contributed by atoms with E-state index in [1.165, 1.54) is 23.5 Å². The molecule has 0 saturated heterocycles. The molecule has 0 aliphatic rings. The number of para-hydroxylation sites is 1. The molecule has 0 atom stereocenters. The van der Waals surface area contributed by atoms with Crippen molar-refractivity contribution in [1.29, 1.82) is 0 Å². The lowest BCUT2D eigenvalue weighted by atomic mass is 10.1. The summed E-state index contributed by atoms with van der Waals surface area (Å²) in [7, 11) is -3.42. The number of hydrogen-bond acceptors (Lipinski definition) is 6. The Balaban J connectivity index is 1.81. The van der Waals surface area contributed by atoms with Crippen LogP contribution in [0.1, 0.15) is 15.9 Å². The average molecular weight is 469 g/mol. The molecule has 0 spiro atoms. The zero-order valence-electron chi connectivity index (χ0n) is 17.0. The first kappa shape index (κ1) is 21.5. The largest absolute Gasteiger partial charge is 0.279 e. The second-order valence-electron chi connectivity index (χ2n) is 6.98. The van der Waals surface area contributed by atoms with Crippen LogP contribution in [0.5, 0.6) is 0 Å². The molecule has 31 heavy (non-hydrogen) atoms. The topological polar surface area (TPSA) is 67.3 Å². The van der Waals surface area contributed by atoms with Crippen LogP contribution in [0, 0.1) is 0 Å². The Bertz CT molecular complexity index is 1350. The van der Waals surface area contributed by atoms with Gasteiger partial charge in [0.1, 0.15) is 0 Å². The molecule has 1 heterocycles. The van der Waals surface area contributed by atoms with Gasteiger partial charge in [-0.05, 0) is 42.2 Å². The summed E-state index contributed by atoms with van der Waals surface area (Å²) in [6, 6.07) is 21.8. The maximum Gasteiger partial charge on any atom is 0.260 e. The normalized spacial score (nSPS) is 11.5. The van der Waals surface area contributed by atoms with Gasteiger partial charge in [-0.1, -0.05) is 53.8 Å². The fourth-order valence-electron chi connectivity index (χ4n) is 3.20. The van der Waals surface area contributed by atoms with Gasteiger partial charge in [-0.15, -0.1) is 11.8 Å². The molecule has 0 saturated carbocycles. The van der Waals surface area contributed by atoms with E-state index in [0.717, 1.165) is 26.9 Å². The van der Waals surface area contributed by atoms with Gasteiger partial charge >= 0.3 is 0 Å². The highest BCUT2D eigenvalue weighted by Gasteiger charge is 2.23. The predicted octanol–water partition coefficient (Wildman–Crippen LogP) is 5.27. The van der Waals surface area contributed by atoms with Crippen LogP contribution in [0.2, 0.25) is 0 Å². The third kappa shape index (κ3) is 4.66. The third-order valence-corrected chi connectivity index (χ3v) is 7.68. The van der Waals surface area contributed by atoms with Crippen LogP contribution in [0.3, 0.4) is 0 Å². The number of amides is 1. The number of carbonyl (C=O) groups is 1. The highest BCUT2D eigenvalue weighted by molar-refractivity contribution is 7.98. The SMILES string of the molecule is CSc1cccc2sc(N(Cc3ccccc3)C(=O)c3cccc(S(C)(=O)=O)c3)nc12. The molecule has 0 radical (unpaired) electrons. The van der Waals surface area contributed by atoms with Gasteiger partial charge in [-0.2, -0.15) is 0 Å². The van der Waals surface area contributed by atoms with Crippen molar-refractivity contribution in [2.45, 2.75) is 16.3 Å². The maximum atomic E-state index is 13.6. The zero-order chi connectivity index (χ0) is 22.0. The molecule has 0 aliphatic carbocycles. The summed E-state index contributed by atoms with van der Waals surface area (Å²) >= 11 is 3.06. The number of thiazole rings is 1. The number of anilines is 1. The number of benzene rings is 3. The van der Waals surface area contributed by atoms with Gasteiger partial charge in [0.2, 0.25) is 0 Å². The minimum atomic E-state index is -3.42. The van der Waals surface area contributed by atoms with Crippen LogP contribution in [0.4, 0.5) is 5.13 Å². The van der Waals surface area contributed by atoms with E-state index in [1.54, 1.807) is 28.8 Å². The fourth-order valence-corrected chi connectivity index (χ4v) is 5.48. The van der Waals surface area contributed by atoms with Crippen molar-refractivity contribution >= 4 is 54.2 Å². The number of aromatic nitrogens is 1. The number of nitrogens with zero attached hydrogens (tertiary/aromatic N) is 2. The van der Waals surface area contributed by atoms with Crippen molar-refractivity contribution in [3.8, 4) is 0 Å². The number of fused-ring (bicyclic) bond motifs is 1. The smallest absolute Gasteiger partial charge is 0.260 e. The first-order valence-electron chi connectivity index (χ1n) is 9.46. The lowest BCUT2D eigenvalue weighted by Gasteiger charge is -2.20. The molecule has 1 aromatic heterocycles. The monoisotopic (exact) mass is 468 g/mol. The van der Waals surface area contributed by atoms with Crippen LogP contribution >= 0.6 is 23.1 Å². The third-order valence-electron chi connectivity index (χ3n) is 4.76. The van der Waals surface area contributed by atoms with Crippen LogP contribution in [0.25, 0.3) is 10.2 Å². The summed E-state index contributed by atoms with van der Waals surface area (Å²) in [5, 5.41) is 0.579. The number of rotatable bonds is 6. The lowest BCUT2D eigenvalue weighted by Crippen LogP contribution is -2.30. The highest BCUT2D eigenvalue weighted by atomic mass is 32.2. The van der Waals surface area contributed by atoms with Gasteiger partial charge in [0.05, 0.1) is 21.7 Å². The van der Waals surface area contributed by atoms with Crippen LogP contribution in [0.15, 0.2) is 82.6 Å². The van der Waals surface area contributed by atoms with Gasteiger partial charge in [0.25, 0.3) is 5.91 Å². The Morgan fingerprint density at radius 3 is 2.48 bits per heavy atom. The summed E-state index contributed by atoms with van der Waals surface area (Å²) < 4.78 is 25.0. The molecule has 3 aromatic carbocycles. The highest BCUT2D eigenvalue weighted by Crippen LogP contribution is 2.35. The average Bonchev–Trinajstić information content (AvgIpc) is 3.21. The van der Waals surface area contributed by atoms with Gasteiger partial charge < -0.3 is 0 Å². The van der Waals surface area contributed by atoms with Gasteiger partial charge in [0.15, 0.2) is 15.0 Å². The Morgan fingerprint density at radius 2 is 1.77 bits per heavy atom. The number of sulfone groups is 1. The Labute approximate surface area is 189 Å². The molecule has 4 aromatic rings. The van der Waals surface area contributed by atoms with Crippen molar-refractivity contribution in [1.82, 2.24) is 4.98 Å². The molecule has 0 unspecified atom stereocenters. The summed E-state index contributed by atoms with van der Waals surface area (Å²) in [5.74, 6) is -0.292. The van der Waals surface area contributed by atoms with E-state index in [-0.39, 0.29) is 10.8 Å². The fraction of sp³-hybridized carbons (Fsp3) is 0.130. The van der Waals surface area contributed by atoms with Crippen molar-refractivity contribution in [2.24, 2.45) is 0 Å².